The number of rotatable bonds is 2. The quantitative estimate of drug-likeness (QED) is 0.916. The number of benzene rings is 1. The van der Waals surface area contributed by atoms with E-state index in [4.69, 9.17) is 11.6 Å². The van der Waals surface area contributed by atoms with Gasteiger partial charge in [0.1, 0.15) is 0 Å². The van der Waals surface area contributed by atoms with Crippen molar-refractivity contribution in [1.82, 2.24) is 9.97 Å². The van der Waals surface area contributed by atoms with Crippen molar-refractivity contribution in [3.63, 3.8) is 0 Å². The van der Waals surface area contributed by atoms with Crippen molar-refractivity contribution in [2.24, 2.45) is 5.92 Å². The van der Waals surface area contributed by atoms with Crippen LogP contribution in [0, 0.1) is 12.8 Å². The van der Waals surface area contributed by atoms with Gasteiger partial charge in [0, 0.05) is 10.7 Å². The van der Waals surface area contributed by atoms with Crippen LogP contribution in [0.4, 0.5) is 5.69 Å². The SMILES string of the molecule is Cc1ccc(Cl)cc1N1C(=O)c2nc[nH]c2[C@H]1C(C)C. The van der Waals surface area contributed by atoms with Crippen molar-refractivity contribution in [1.29, 1.82) is 0 Å². The van der Waals surface area contributed by atoms with E-state index in [1.807, 2.05) is 25.1 Å². The van der Waals surface area contributed by atoms with Crippen molar-refractivity contribution in [2.75, 3.05) is 4.90 Å². The van der Waals surface area contributed by atoms with E-state index in [0.29, 0.717) is 10.7 Å². The van der Waals surface area contributed by atoms with Gasteiger partial charge in [0.25, 0.3) is 5.91 Å². The summed E-state index contributed by atoms with van der Waals surface area (Å²) in [5.74, 6) is 0.212. The van der Waals surface area contributed by atoms with E-state index in [0.717, 1.165) is 16.9 Å². The van der Waals surface area contributed by atoms with Gasteiger partial charge in [0.2, 0.25) is 0 Å². The fraction of sp³-hybridized carbons (Fsp3) is 0.333. The summed E-state index contributed by atoms with van der Waals surface area (Å²) in [4.78, 5) is 21.7. The molecule has 0 radical (unpaired) electrons. The lowest BCUT2D eigenvalue weighted by atomic mass is 10.0. The number of nitrogens with zero attached hydrogens (tertiary/aromatic N) is 2. The van der Waals surface area contributed by atoms with E-state index in [9.17, 15) is 4.79 Å². The number of aromatic amines is 1. The smallest absolute Gasteiger partial charge is 0.279 e. The molecule has 1 aliphatic rings. The number of carbonyl (C=O) groups is 1. The monoisotopic (exact) mass is 289 g/mol. The van der Waals surface area contributed by atoms with Gasteiger partial charge in [-0.05, 0) is 30.5 Å². The highest BCUT2D eigenvalue weighted by Gasteiger charge is 2.42. The second kappa shape index (κ2) is 4.63. The van der Waals surface area contributed by atoms with E-state index in [2.05, 4.69) is 23.8 Å². The van der Waals surface area contributed by atoms with Gasteiger partial charge in [-0.3, -0.25) is 9.69 Å². The third kappa shape index (κ3) is 1.83. The highest BCUT2D eigenvalue weighted by Crippen LogP contribution is 2.41. The lowest BCUT2D eigenvalue weighted by molar-refractivity contribution is 0.0982. The van der Waals surface area contributed by atoms with Gasteiger partial charge in [-0.1, -0.05) is 31.5 Å². The normalized spacial score (nSPS) is 17.9. The van der Waals surface area contributed by atoms with Crippen LogP contribution in [-0.4, -0.2) is 15.9 Å². The first-order valence-electron chi connectivity index (χ1n) is 6.63. The number of hydrogen-bond donors (Lipinski definition) is 1. The number of aryl methyl sites for hydroxylation is 1. The van der Waals surface area contributed by atoms with Gasteiger partial charge in [-0.2, -0.15) is 0 Å². The molecule has 5 heteroatoms. The molecule has 2 heterocycles. The molecule has 1 aromatic heterocycles. The third-order valence-corrected chi connectivity index (χ3v) is 3.96. The van der Waals surface area contributed by atoms with Crippen LogP contribution in [0.3, 0.4) is 0 Å². The summed E-state index contributed by atoms with van der Waals surface area (Å²) in [5.41, 5.74) is 3.29. The van der Waals surface area contributed by atoms with Crippen molar-refractivity contribution >= 4 is 23.2 Å². The van der Waals surface area contributed by atoms with Gasteiger partial charge in [-0.25, -0.2) is 4.98 Å². The molecule has 4 nitrogen and oxygen atoms in total. The molecule has 0 fully saturated rings. The number of nitrogens with one attached hydrogen (secondary N) is 1. The molecule has 0 saturated carbocycles. The molecule has 1 aliphatic heterocycles. The molecule has 0 bridgehead atoms. The zero-order valence-corrected chi connectivity index (χ0v) is 12.4. The van der Waals surface area contributed by atoms with Crippen LogP contribution in [0.25, 0.3) is 0 Å². The number of amides is 1. The fourth-order valence-electron chi connectivity index (χ4n) is 2.80. The maximum absolute atomic E-state index is 12.6. The van der Waals surface area contributed by atoms with Crippen LogP contribution in [0.15, 0.2) is 24.5 Å². The molecule has 1 atom stereocenters. The number of halogens is 1. The largest absolute Gasteiger partial charge is 0.346 e. The van der Waals surface area contributed by atoms with Crippen LogP contribution in [-0.2, 0) is 0 Å². The van der Waals surface area contributed by atoms with E-state index in [1.54, 1.807) is 11.2 Å². The zero-order valence-electron chi connectivity index (χ0n) is 11.6. The van der Waals surface area contributed by atoms with Crippen LogP contribution in [0.1, 0.15) is 41.6 Å². The predicted octanol–water partition coefficient (Wildman–Crippen LogP) is 3.73. The Morgan fingerprint density at radius 3 is 2.85 bits per heavy atom. The van der Waals surface area contributed by atoms with E-state index >= 15 is 0 Å². The van der Waals surface area contributed by atoms with E-state index in [-0.39, 0.29) is 17.9 Å². The molecule has 0 aliphatic carbocycles. The van der Waals surface area contributed by atoms with Crippen LogP contribution >= 0.6 is 11.6 Å². The molecule has 0 saturated heterocycles. The topological polar surface area (TPSA) is 49.0 Å². The van der Waals surface area contributed by atoms with Crippen LogP contribution in [0.2, 0.25) is 5.02 Å². The van der Waals surface area contributed by atoms with Crippen LogP contribution in [0.5, 0.6) is 0 Å². The maximum Gasteiger partial charge on any atom is 0.279 e. The Labute approximate surface area is 122 Å². The van der Waals surface area contributed by atoms with Gasteiger partial charge < -0.3 is 4.98 Å². The molecule has 1 amide bonds. The highest BCUT2D eigenvalue weighted by molar-refractivity contribution is 6.31. The molecular weight excluding hydrogens is 274 g/mol. The minimum atomic E-state index is -0.0645. The van der Waals surface area contributed by atoms with Crippen molar-refractivity contribution in [2.45, 2.75) is 26.8 Å². The average Bonchev–Trinajstić information content (AvgIpc) is 2.95. The van der Waals surface area contributed by atoms with E-state index < -0.39 is 0 Å². The van der Waals surface area contributed by atoms with Crippen molar-refractivity contribution in [3.05, 3.63) is 46.5 Å². The number of H-pyrrole nitrogens is 1. The summed E-state index contributed by atoms with van der Waals surface area (Å²) in [6, 6.07) is 5.58. The molecule has 1 aromatic carbocycles. The lowest BCUT2D eigenvalue weighted by Crippen LogP contribution is -2.31. The Balaban J connectivity index is 2.16. The Morgan fingerprint density at radius 1 is 1.40 bits per heavy atom. The second-order valence-corrected chi connectivity index (χ2v) is 5.90. The summed E-state index contributed by atoms with van der Waals surface area (Å²) in [7, 11) is 0. The first-order valence-corrected chi connectivity index (χ1v) is 7.01. The molecule has 0 spiro atoms. The number of aromatic nitrogens is 2. The summed E-state index contributed by atoms with van der Waals surface area (Å²) in [6.45, 7) is 6.18. The van der Waals surface area contributed by atoms with Crippen molar-refractivity contribution in [3.8, 4) is 0 Å². The molecule has 104 valence electrons. The summed E-state index contributed by atoms with van der Waals surface area (Å²) in [5, 5.41) is 0.629. The number of carbonyl (C=O) groups excluding carboxylic acids is 1. The molecular formula is C15H16ClN3O. The molecule has 2 aromatic rings. The minimum Gasteiger partial charge on any atom is -0.346 e. The minimum absolute atomic E-state index is 0.0304. The fourth-order valence-corrected chi connectivity index (χ4v) is 2.97. The van der Waals surface area contributed by atoms with Gasteiger partial charge in [0.05, 0.1) is 18.1 Å². The van der Waals surface area contributed by atoms with Gasteiger partial charge in [0.15, 0.2) is 5.69 Å². The Hall–Kier alpha value is -1.81. The zero-order chi connectivity index (χ0) is 14.4. The Morgan fingerprint density at radius 2 is 2.15 bits per heavy atom. The molecule has 20 heavy (non-hydrogen) atoms. The standard InChI is InChI=1S/C15H16ClN3O/c1-8(2)14-12-13(18-7-17-12)15(20)19(14)11-6-10(16)5-4-9(11)3/h4-8,14H,1-3H3,(H,17,18)/t14-/m1/s1. The average molecular weight is 290 g/mol. The van der Waals surface area contributed by atoms with E-state index in [1.165, 1.54) is 0 Å². The highest BCUT2D eigenvalue weighted by atomic mass is 35.5. The Kier molecular flexibility index (Phi) is 3.05. The Bertz CT molecular complexity index is 678. The number of fused-ring (bicyclic) bond motifs is 1. The second-order valence-electron chi connectivity index (χ2n) is 5.46. The summed E-state index contributed by atoms with van der Waals surface area (Å²) >= 11 is 6.09. The lowest BCUT2D eigenvalue weighted by Gasteiger charge is -2.29. The van der Waals surface area contributed by atoms with Crippen LogP contribution < -0.4 is 4.90 Å². The number of anilines is 1. The first-order chi connectivity index (χ1) is 9.50. The molecule has 3 rings (SSSR count). The summed E-state index contributed by atoms with van der Waals surface area (Å²) < 4.78 is 0. The predicted molar refractivity (Wildman–Crippen MR) is 79.2 cm³/mol. The summed E-state index contributed by atoms with van der Waals surface area (Å²) in [6.07, 6.45) is 1.58. The number of hydrogen-bond acceptors (Lipinski definition) is 2. The van der Waals surface area contributed by atoms with Gasteiger partial charge >= 0.3 is 0 Å². The first kappa shape index (κ1) is 13.2. The van der Waals surface area contributed by atoms with Crippen molar-refractivity contribution < 1.29 is 4.79 Å². The molecule has 0 unspecified atom stereocenters. The molecule has 1 N–H and O–H groups in total. The third-order valence-electron chi connectivity index (χ3n) is 3.73. The van der Waals surface area contributed by atoms with Gasteiger partial charge in [-0.15, -0.1) is 0 Å². The number of imidazole rings is 1. The maximum atomic E-state index is 12.6.